The third-order valence-corrected chi connectivity index (χ3v) is 4.58. The Labute approximate surface area is 135 Å². The zero-order valence-corrected chi connectivity index (χ0v) is 14.6. The molecule has 1 aromatic rings. The normalized spacial score (nSPS) is 16.7. The van der Waals surface area contributed by atoms with Gasteiger partial charge in [-0.2, -0.15) is 0 Å². The van der Waals surface area contributed by atoms with Crippen molar-refractivity contribution in [1.29, 1.82) is 0 Å². The molecule has 1 aliphatic heterocycles. The maximum atomic E-state index is 12.3. The standard InChI is InChI=1S/C16H25BrN2O2/c1-3-4-9-18(2)12-13-7-10-19(11-8-13)16(20)14-5-6-15(17)21-14/h5-6,13H,3-4,7-12H2,1-2H3. The van der Waals surface area contributed by atoms with E-state index in [1.807, 2.05) is 4.90 Å². The van der Waals surface area contributed by atoms with E-state index >= 15 is 0 Å². The van der Waals surface area contributed by atoms with Crippen molar-refractivity contribution in [3.8, 4) is 0 Å². The monoisotopic (exact) mass is 356 g/mol. The van der Waals surface area contributed by atoms with Gasteiger partial charge in [0.25, 0.3) is 5.91 Å². The zero-order valence-electron chi connectivity index (χ0n) is 13.0. The summed E-state index contributed by atoms with van der Waals surface area (Å²) >= 11 is 3.24. The summed E-state index contributed by atoms with van der Waals surface area (Å²) in [5.41, 5.74) is 0. The number of hydrogen-bond donors (Lipinski definition) is 0. The Morgan fingerprint density at radius 2 is 2.14 bits per heavy atom. The van der Waals surface area contributed by atoms with Crippen LogP contribution in [0.2, 0.25) is 0 Å². The highest BCUT2D eigenvalue weighted by molar-refractivity contribution is 9.10. The average molecular weight is 357 g/mol. The molecule has 1 aliphatic rings. The summed E-state index contributed by atoms with van der Waals surface area (Å²) in [6, 6.07) is 3.50. The van der Waals surface area contributed by atoms with E-state index in [1.165, 1.54) is 19.4 Å². The molecule has 1 fully saturated rings. The van der Waals surface area contributed by atoms with Crippen molar-refractivity contribution in [2.24, 2.45) is 5.92 Å². The highest BCUT2D eigenvalue weighted by Crippen LogP contribution is 2.22. The first-order valence-electron chi connectivity index (χ1n) is 7.83. The molecule has 1 saturated heterocycles. The Morgan fingerprint density at radius 3 is 2.71 bits per heavy atom. The zero-order chi connectivity index (χ0) is 15.2. The molecule has 0 bridgehead atoms. The summed E-state index contributed by atoms with van der Waals surface area (Å²) in [5.74, 6) is 1.15. The number of carbonyl (C=O) groups is 1. The fourth-order valence-corrected chi connectivity index (χ4v) is 3.17. The minimum Gasteiger partial charge on any atom is -0.444 e. The molecule has 0 radical (unpaired) electrons. The van der Waals surface area contributed by atoms with Crippen molar-refractivity contribution < 1.29 is 9.21 Å². The first-order chi connectivity index (χ1) is 10.1. The van der Waals surface area contributed by atoms with E-state index in [1.54, 1.807) is 12.1 Å². The minimum absolute atomic E-state index is 0.0125. The number of carbonyl (C=O) groups excluding carboxylic acids is 1. The molecular weight excluding hydrogens is 332 g/mol. The largest absolute Gasteiger partial charge is 0.444 e. The first-order valence-corrected chi connectivity index (χ1v) is 8.62. The fraction of sp³-hybridized carbons (Fsp3) is 0.688. The van der Waals surface area contributed by atoms with Crippen LogP contribution in [0.15, 0.2) is 21.2 Å². The summed E-state index contributed by atoms with van der Waals surface area (Å²) in [7, 11) is 2.20. The van der Waals surface area contributed by atoms with Crippen LogP contribution in [0.1, 0.15) is 43.2 Å². The lowest BCUT2D eigenvalue weighted by molar-refractivity contribution is 0.0640. The van der Waals surface area contributed by atoms with Crippen LogP contribution in [0.3, 0.4) is 0 Å². The van der Waals surface area contributed by atoms with Crippen LogP contribution in [-0.2, 0) is 0 Å². The predicted molar refractivity (Wildman–Crippen MR) is 87.4 cm³/mol. The molecular formula is C16H25BrN2O2. The number of likely N-dealkylation sites (tertiary alicyclic amines) is 1. The number of furan rings is 1. The highest BCUT2D eigenvalue weighted by Gasteiger charge is 2.25. The minimum atomic E-state index is 0.0125. The quantitative estimate of drug-likeness (QED) is 0.780. The van der Waals surface area contributed by atoms with Gasteiger partial charge >= 0.3 is 0 Å². The average Bonchev–Trinajstić information content (AvgIpc) is 2.92. The van der Waals surface area contributed by atoms with E-state index in [9.17, 15) is 4.79 Å². The molecule has 0 atom stereocenters. The van der Waals surface area contributed by atoms with Gasteiger partial charge in [-0.25, -0.2) is 0 Å². The van der Waals surface area contributed by atoms with Crippen molar-refractivity contribution in [1.82, 2.24) is 9.80 Å². The number of amides is 1. The highest BCUT2D eigenvalue weighted by atomic mass is 79.9. The number of unbranched alkanes of at least 4 members (excludes halogenated alkanes) is 1. The lowest BCUT2D eigenvalue weighted by Crippen LogP contribution is -2.41. The number of rotatable bonds is 6. The van der Waals surface area contributed by atoms with Gasteiger partial charge in [0.05, 0.1) is 0 Å². The van der Waals surface area contributed by atoms with Crippen LogP contribution in [0.25, 0.3) is 0 Å². The molecule has 0 aromatic carbocycles. The van der Waals surface area contributed by atoms with Crippen LogP contribution < -0.4 is 0 Å². The van der Waals surface area contributed by atoms with E-state index in [0.29, 0.717) is 16.3 Å². The second kappa shape index (κ2) is 7.99. The predicted octanol–water partition coefficient (Wildman–Crippen LogP) is 3.63. The lowest BCUT2D eigenvalue weighted by atomic mass is 9.96. The molecule has 0 unspecified atom stereocenters. The summed E-state index contributed by atoms with van der Waals surface area (Å²) < 4.78 is 5.96. The van der Waals surface area contributed by atoms with Crippen LogP contribution >= 0.6 is 15.9 Å². The molecule has 0 aliphatic carbocycles. The second-order valence-corrected chi connectivity index (χ2v) is 6.74. The van der Waals surface area contributed by atoms with E-state index in [4.69, 9.17) is 4.42 Å². The van der Waals surface area contributed by atoms with Gasteiger partial charge in [0.2, 0.25) is 0 Å². The van der Waals surface area contributed by atoms with Crippen molar-refractivity contribution in [2.45, 2.75) is 32.6 Å². The molecule has 1 amide bonds. The number of halogens is 1. The van der Waals surface area contributed by atoms with E-state index in [-0.39, 0.29) is 5.91 Å². The van der Waals surface area contributed by atoms with Gasteiger partial charge in [-0.15, -0.1) is 0 Å². The van der Waals surface area contributed by atoms with Crippen molar-refractivity contribution in [3.63, 3.8) is 0 Å². The van der Waals surface area contributed by atoms with Gasteiger partial charge in [-0.3, -0.25) is 4.79 Å². The van der Waals surface area contributed by atoms with Crippen molar-refractivity contribution in [3.05, 3.63) is 22.6 Å². The molecule has 2 heterocycles. The molecule has 1 aromatic heterocycles. The van der Waals surface area contributed by atoms with Crippen LogP contribution in [0, 0.1) is 5.92 Å². The Bertz CT molecular complexity index is 453. The van der Waals surface area contributed by atoms with Gasteiger partial charge in [-0.1, -0.05) is 13.3 Å². The van der Waals surface area contributed by atoms with Crippen molar-refractivity contribution in [2.75, 3.05) is 33.2 Å². The first kappa shape index (κ1) is 16.6. The molecule has 0 saturated carbocycles. The molecule has 118 valence electrons. The molecule has 2 rings (SSSR count). The Balaban J connectivity index is 1.76. The SMILES string of the molecule is CCCCN(C)CC1CCN(C(=O)c2ccc(Br)o2)CC1. The van der Waals surface area contributed by atoms with Crippen LogP contribution in [-0.4, -0.2) is 48.9 Å². The Kier molecular flexibility index (Phi) is 6.30. The molecule has 4 nitrogen and oxygen atoms in total. The summed E-state index contributed by atoms with van der Waals surface area (Å²) in [4.78, 5) is 16.6. The van der Waals surface area contributed by atoms with Gasteiger partial charge < -0.3 is 14.2 Å². The van der Waals surface area contributed by atoms with Crippen LogP contribution in [0.4, 0.5) is 0 Å². The number of piperidine rings is 1. The van der Waals surface area contributed by atoms with Crippen LogP contribution in [0.5, 0.6) is 0 Å². The van der Waals surface area contributed by atoms with Crippen molar-refractivity contribution >= 4 is 21.8 Å². The van der Waals surface area contributed by atoms with Gasteiger partial charge in [-0.05, 0) is 66.8 Å². The van der Waals surface area contributed by atoms with Gasteiger partial charge in [0, 0.05) is 19.6 Å². The van der Waals surface area contributed by atoms with E-state index in [0.717, 1.165) is 32.5 Å². The number of hydrogen-bond acceptors (Lipinski definition) is 3. The molecule has 0 spiro atoms. The Morgan fingerprint density at radius 1 is 1.43 bits per heavy atom. The van der Waals surface area contributed by atoms with Gasteiger partial charge in [0.15, 0.2) is 10.4 Å². The Hall–Kier alpha value is -0.810. The maximum absolute atomic E-state index is 12.3. The van der Waals surface area contributed by atoms with E-state index in [2.05, 4.69) is 34.8 Å². The maximum Gasteiger partial charge on any atom is 0.289 e. The number of nitrogens with zero attached hydrogens (tertiary/aromatic N) is 2. The summed E-state index contributed by atoms with van der Waals surface area (Å²) in [5, 5.41) is 0. The topological polar surface area (TPSA) is 36.7 Å². The molecule has 21 heavy (non-hydrogen) atoms. The second-order valence-electron chi connectivity index (χ2n) is 5.96. The summed E-state index contributed by atoms with van der Waals surface area (Å²) in [6.07, 6.45) is 4.69. The fourth-order valence-electron chi connectivity index (χ4n) is 2.86. The van der Waals surface area contributed by atoms with Gasteiger partial charge in [0.1, 0.15) is 0 Å². The third-order valence-electron chi connectivity index (χ3n) is 4.15. The summed E-state index contributed by atoms with van der Waals surface area (Å²) in [6.45, 7) is 6.22. The van der Waals surface area contributed by atoms with E-state index < -0.39 is 0 Å². The smallest absolute Gasteiger partial charge is 0.289 e. The third kappa shape index (κ3) is 4.85. The molecule has 0 N–H and O–H groups in total. The lowest BCUT2D eigenvalue weighted by Gasteiger charge is -2.33. The molecule has 5 heteroatoms.